The molecule has 1 amide bonds. The first-order valence-electron chi connectivity index (χ1n) is 7.13. The molecule has 6 nitrogen and oxygen atoms in total. The van der Waals surface area contributed by atoms with Gasteiger partial charge in [-0.1, -0.05) is 6.07 Å². The molecule has 2 aromatic heterocycles. The van der Waals surface area contributed by atoms with Gasteiger partial charge >= 0.3 is 5.97 Å². The van der Waals surface area contributed by atoms with Crippen molar-refractivity contribution in [3.63, 3.8) is 0 Å². The second-order valence-corrected chi connectivity index (χ2v) is 5.62. The molecule has 0 bridgehead atoms. The Morgan fingerprint density at radius 1 is 1.32 bits per heavy atom. The van der Waals surface area contributed by atoms with Gasteiger partial charge in [0.05, 0.1) is 11.5 Å². The molecule has 0 spiro atoms. The first-order valence-corrected chi connectivity index (χ1v) is 7.13. The highest BCUT2D eigenvalue weighted by atomic mass is 16.4. The van der Waals surface area contributed by atoms with Crippen LogP contribution < -0.4 is 5.32 Å². The molecule has 1 unspecified atom stereocenters. The van der Waals surface area contributed by atoms with Gasteiger partial charge in [-0.05, 0) is 30.5 Å². The summed E-state index contributed by atoms with van der Waals surface area (Å²) in [7, 11) is 0. The highest BCUT2D eigenvalue weighted by molar-refractivity contribution is 6.02. The molecule has 6 heteroatoms. The number of aromatic carboxylic acids is 1. The lowest BCUT2D eigenvalue weighted by atomic mass is 9.83. The van der Waals surface area contributed by atoms with E-state index < -0.39 is 5.97 Å². The van der Waals surface area contributed by atoms with E-state index >= 15 is 0 Å². The monoisotopic (exact) mass is 295 g/mol. The molecule has 1 aliphatic carbocycles. The molecule has 2 N–H and O–H groups in total. The number of rotatable bonds is 2. The standard InChI is InChI=1S/C16H13N3O3/c20-15-13(10-2-1-5-17-14(10)19-15)9-3-4-12-11(9)6-8(7-18-12)16(21)22/h1-2,5-7,9,13H,3-4H2,(H,21,22)(H,17,19,20)/t9?,13-/m1/s1. The van der Waals surface area contributed by atoms with Crippen LogP contribution in [-0.2, 0) is 11.2 Å². The molecule has 0 aromatic carbocycles. The van der Waals surface area contributed by atoms with Crippen LogP contribution in [0.25, 0.3) is 0 Å². The number of aromatic nitrogens is 2. The average molecular weight is 295 g/mol. The minimum Gasteiger partial charge on any atom is -0.478 e. The molecular formula is C16H13N3O3. The zero-order valence-electron chi connectivity index (χ0n) is 11.6. The Labute approximate surface area is 126 Å². The van der Waals surface area contributed by atoms with Crippen LogP contribution >= 0.6 is 0 Å². The van der Waals surface area contributed by atoms with E-state index in [1.165, 1.54) is 6.20 Å². The summed E-state index contributed by atoms with van der Waals surface area (Å²) in [5.74, 6) is -0.845. The zero-order valence-corrected chi connectivity index (χ0v) is 11.6. The third-order valence-corrected chi connectivity index (χ3v) is 4.44. The second-order valence-electron chi connectivity index (χ2n) is 5.62. The lowest BCUT2D eigenvalue weighted by Crippen LogP contribution is -2.18. The normalized spacial score (nSPS) is 22.1. The Morgan fingerprint density at radius 2 is 2.18 bits per heavy atom. The molecule has 4 rings (SSSR count). The second kappa shape index (κ2) is 4.62. The fourth-order valence-corrected chi connectivity index (χ4v) is 3.46. The average Bonchev–Trinajstić information content (AvgIpc) is 3.06. The number of carbonyl (C=O) groups is 2. The van der Waals surface area contributed by atoms with E-state index in [4.69, 9.17) is 5.11 Å². The van der Waals surface area contributed by atoms with Gasteiger partial charge in [0, 0.05) is 29.6 Å². The van der Waals surface area contributed by atoms with Gasteiger partial charge in [0.25, 0.3) is 0 Å². The van der Waals surface area contributed by atoms with Crippen LogP contribution in [0.4, 0.5) is 5.82 Å². The lowest BCUT2D eigenvalue weighted by molar-refractivity contribution is -0.117. The van der Waals surface area contributed by atoms with E-state index in [2.05, 4.69) is 15.3 Å². The lowest BCUT2D eigenvalue weighted by Gasteiger charge is -2.18. The van der Waals surface area contributed by atoms with E-state index in [1.807, 2.05) is 12.1 Å². The third-order valence-electron chi connectivity index (χ3n) is 4.44. The van der Waals surface area contributed by atoms with Crippen LogP contribution in [0.1, 0.15) is 45.4 Å². The number of nitrogens with one attached hydrogen (secondary N) is 1. The Kier molecular flexibility index (Phi) is 2.72. The molecule has 2 aromatic rings. The molecule has 3 heterocycles. The number of hydrogen-bond donors (Lipinski definition) is 2. The van der Waals surface area contributed by atoms with Gasteiger partial charge in [-0.3, -0.25) is 9.78 Å². The van der Waals surface area contributed by atoms with E-state index in [-0.39, 0.29) is 23.3 Å². The number of aryl methyl sites for hydroxylation is 1. The molecule has 1 aliphatic heterocycles. The highest BCUT2D eigenvalue weighted by Gasteiger charge is 2.41. The van der Waals surface area contributed by atoms with Crippen LogP contribution in [0.5, 0.6) is 0 Å². The molecule has 0 saturated heterocycles. The van der Waals surface area contributed by atoms with Gasteiger partial charge in [-0.15, -0.1) is 0 Å². The number of fused-ring (bicyclic) bond motifs is 2. The summed E-state index contributed by atoms with van der Waals surface area (Å²) in [5, 5.41) is 12.0. The van der Waals surface area contributed by atoms with Crippen molar-refractivity contribution in [1.29, 1.82) is 0 Å². The summed E-state index contributed by atoms with van der Waals surface area (Å²) < 4.78 is 0. The van der Waals surface area contributed by atoms with Gasteiger partial charge in [0.15, 0.2) is 0 Å². The fraction of sp³-hybridized carbons (Fsp3) is 0.250. The predicted molar refractivity (Wildman–Crippen MR) is 77.9 cm³/mol. The topological polar surface area (TPSA) is 92.2 Å². The van der Waals surface area contributed by atoms with Crippen molar-refractivity contribution >= 4 is 17.7 Å². The first kappa shape index (κ1) is 12.9. The molecule has 2 aliphatic rings. The van der Waals surface area contributed by atoms with Crippen LogP contribution in [-0.4, -0.2) is 27.0 Å². The molecular weight excluding hydrogens is 282 g/mol. The largest absolute Gasteiger partial charge is 0.478 e. The van der Waals surface area contributed by atoms with Crippen LogP contribution in [0.2, 0.25) is 0 Å². The maximum atomic E-state index is 12.4. The van der Waals surface area contributed by atoms with E-state index in [0.717, 1.165) is 29.7 Å². The Bertz CT molecular complexity index is 803. The molecule has 2 atom stereocenters. The minimum atomic E-state index is -1.00. The predicted octanol–water partition coefficient (Wildman–Crippen LogP) is 1.94. The van der Waals surface area contributed by atoms with Gasteiger partial charge in [-0.2, -0.15) is 0 Å². The number of amides is 1. The van der Waals surface area contributed by atoms with Crippen molar-refractivity contribution in [2.24, 2.45) is 0 Å². The van der Waals surface area contributed by atoms with Crippen LogP contribution in [0.15, 0.2) is 30.6 Å². The summed E-state index contributed by atoms with van der Waals surface area (Å²) in [6.45, 7) is 0. The van der Waals surface area contributed by atoms with Crippen LogP contribution in [0.3, 0.4) is 0 Å². The number of pyridine rings is 2. The molecule has 0 radical (unpaired) electrons. The smallest absolute Gasteiger partial charge is 0.337 e. The van der Waals surface area contributed by atoms with Crippen LogP contribution in [0, 0.1) is 0 Å². The number of carbonyl (C=O) groups excluding carboxylic acids is 1. The van der Waals surface area contributed by atoms with Crippen molar-refractivity contribution in [3.8, 4) is 0 Å². The molecule has 22 heavy (non-hydrogen) atoms. The van der Waals surface area contributed by atoms with Crippen molar-refractivity contribution in [2.45, 2.75) is 24.7 Å². The summed E-state index contributed by atoms with van der Waals surface area (Å²) in [6.07, 6.45) is 4.58. The minimum absolute atomic E-state index is 0.0488. The number of carboxylic acids is 1. The van der Waals surface area contributed by atoms with Gasteiger partial charge < -0.3 is 10.4 Å². The quantitative estimate of drug-likeness (QED) is 0.883. The van der Waals surface area contributed by atoms with Crippen molar-refractivity contribution < 1.29 is 14.7 Å². The Morgan fingerprint density at radius 3 is 3.00 bits per heavy atom. The van der Waals surface area contributed by atoms with E-state index in [9.17, 15) is 9.59 Å². The highest BCUT2D eigenvalue weighted by Crippen LogP contribution is 2.46. The molecule has 0 saturated carbocycles. The summed E-state index contributed by atoms with van der Waals surface area (Å²) in [4.78, 5) is 32.0. The Balaban J connectivity index is 1.79. The van der Waals surface area contributed by atoms with Gasteiger partial charge in [0.2, 0.25) is 5.91 Å². The SMILES string of the molecule is O=C(O)c1cnc2c(c1)C([C@H]1C(=O)Nc3ncccc31)CC2. The number of carboxylic acid groups (broad SMARTS) is 1. The molecule has 110 valence electrons. The Hall–Kier alpha value is -2.76. The van der Waals surface area contributed by atoms with Crippen molar-refractivity contribution in [1.82, 2.24) is 9.97 Å². The van der Waals surface area contributed by atoms with Gasteiger partial charge in [-0.25, -0.2) is 9.78 Å². The summed E-state index contributed by atoms with van der Waals surface area (Å²) in [5.41, 5.74) is 2.80. The fourth-order valence-electron chi connectivity index (χ4n) is 3.46. The van der Waals surface area contributed by atoms with Gasteiger partial charge in [0.1, 0.15) is 5.82 Å². The number of anilines is 1. The maximum Gasteiger partial charge on any atom is 0.337 e. The number of nitrogens with zero attached hydrogens (tertiary/aromatic N) is 2. The summed E-state index contributed by atoms with van der Waals surface area (Å²) in [6, 6.07) is 5.37. The van der Waals surface area contributed by atoms with E-state index in [1.54, 1.807) is 12.3 Å². The summed E-state index contributed by atoms with van der Waals surface area (Å²) >= 11 is 0. The number of hydrogen-bond acceptors (Lipinski definition) is 4. The van der Waals surface area contributed by atoms with E-state index in [0.29, 0.717) is 5.82 Å². The maximum absolute atomic E-state index is 12.4. The van der Waals surface area contributed by atoms with Crippen molar-refractivity contribution in [2.75, 3.05) is 5.32 Å². The third kappa shape index (κ3) is 1.80. The molecule has 0 fully saturated rings. The zero-order chi connectivity index (χ0) is 15.3. The van der Waals surface area contributed by atoms with Crippen molar-refractivity contribution in [3.05, 3.63) is 53.0 Å². The first-order chi connectivity index (χ1) is 10.6.